The minimum absolute atomic E-state index is 0.534. The van der Waals surface area contributed by atoms with Crippen molar-refractivity contribution in [2.24, 2.45) is 0 Å². The molecule has 3 aromatic rings. The summed E-state index contributed by atoms with van der Waals surface area (Å²) in [6, 6.07) is 24.2. The molecule has 3 aromatic carbocycles. The van der Waals surface area contributed by atoms with E-state index in [4.69, 9.17) is 16.3 Å². The molecule has 0 atom stereocenters. The van der Waals surface area contributed by atoms with Crippen LogP contribution in [0.15, 0.2) is 72.8 Å². The molecule has 0 amide bonds. The van der Waals surface area contributed by atoms with Crippen LogP contribution >= 0.6 is 11.6 Å². The van der Waals surface area contributed by atoms with E-state index >= 15 is 0 Å². The Morgan fingerprint density at radius 2 is 1.67 bits per heavy atom. The number of benzene rings is 3. The normalized spacial score (nSPS) is 10.4. The predicted molar refractivity (Wildman–Crippen MR) is 101 cm³/mol. The lowest BCUT2D eigenvalue weighted by atomic mass is 10.1. The van der Waals surface area contributed by atoms with Gasteiger partial charge >= 0.3 is 0 Å². The van der Waals surface area contributed by atoms with Crippen LogP contribution in [-0.4, -0.2) is 0 Å². The molecule has 0 fully saturated rings. The Morgan fingerprint density at radius 3 is 2.46 bits per heavy atom. The van der Waals surface area contributed by atoms with Crippen LogP contribution in [0.3, 0.4) is 0 Å². The lowest BCUT2D eigenvalue weighted by Gasteiger charge is -2.11. The topological polar surface area (TPSA) is 21.3 Å². The van der Waals surface area contributed by atoms with Gasteiger partial charge in [-0.15, -0.1) is 0 Å². The highest BCUT2D eigenvalue weighted by atomic mass is 35.5. The van der Waals surface area contributed by atoms with Crippen LogP contribution in [0.1, 0.15) is 16.7 Å². The second-order valence-corrected chi connectivity index (χ2v) is 6.17. The van der Waals surface area contributed by atoms with E-state index in [2.05, 4.69) is 36.5 Å². The van der Waals surface area contributed by atoms with Crippen molar-refractivity contribution in [2.45, 2.75) is 20.1 Å². The smallest absolute Gasteiger partial charge is 0.120 e. The molecule has 0 aliphatic heterocycles. The first-order valence-electron chi connectivity index (χ1n) is 7.96. The molecule has 0 bridgehead atoms. The van der Waals surface area contributed by atoms with Gasteiger partial charge in [0.05, 0.1) is 0 Å². The first-order chi connectivity index (χ1) is 11.7. The first kappa shape index (κ1) is 16.4. The summed E-state index contributed by atoms with van der Waals surface area (Å²) >= 11 is 5.90. The van der Waals surface area contributed by atoms with Gasteiger partial charge in [-0.3, -0.25) is 0 Å². The SMILES string of the molecule is Cc1ccccc1NCc1cccc(OCc2ccc(Cl)cc2)c1. The number of nitrogens with one attached hydrogen (secondary N) is 1. The van der Waals surface area contributed by atoms with E-state index in [9.17, 15) is 0 Å². The Bertz CT molecular complexity index is 799. The number of aryl methyl sites for hydroxylation is 1. The van der Waals surface area contributed by atoms with E-state index in [0.717, 1.165) is 28.6 Å². The zero-order chi connectivity index (χ0) is 16.8. The third-order valence-electron chi connectivity index (χ3n) is 3.85. The number of anilines is 1. The average molecular weight is 338 g/mol. The fourth-order valence-electron chi connectivity index (χ4n) is 2.46. The average Bonchev–Trinajstić information content (AvgIpc) is 2.61. The van der Waals surface area contributed by atoms with Gasteiger partial charge in [0, 0.05) is 17.3 Å². The number of ether oxygens (including phenoxy) is 1. The zero-order valence-corrected chi connectivity index (χ0v) is 14.4. The maximum atomic E-state index is 5.90. The zero-order valence-electron chi connectivity index (χ0n) is 13.6. The van der Waals surface area contributed by atoms with Crippen LogP contribution in [0.5, 0.6) is 5.75 Å². The Morgan fingerprint density at radius 1 is 0.875 bits per heavy atom. The largest absolute Gasteiger partial charge is 0.489 e. The third kappa shape index (κ3) is 4.53. The minimum atomic E-state index is 0.534. The van der Waals surface area contributed by atoms with Crippen molar-refractivity contribution >= 4 is 17.3 Å². The monoisotopic (exact) mass is 337 g/mol. The molecule has 2 nitrogen and oxygen atoms in total. The molecule has 0 saturated carbocycles. The van der Waals surface area contributed by atoms with Crippen molar-refractivity contribution in [2.75, 3.05) is 5.32 Å². The minimum Gasteiger partial charge on any atom is -0.489 e. The van der Waals surface area contributed by atoms with Gasteiger partial charge in [-0.2, -0.15) is 0 Å². The van der Waals surface area contributed by atoms with Crippen LogP contribution in [0, 0.1) is 6.92 Å². The Labute approximate surface area is 148 Å². The molecular weight excluding hydrogens is 318 g/mol. The van der Waals surface area contributed by atoms with Crippen molar-refractivity contribution in [3.63, 3.8) is 0 Å². The summed E-state index contributed by atoms with van der Waals surface area (Å²) in [6.45, 7) is 3.41. The first-order valence-corrected chi connectivity index (χ1v) is 8.34. The summed E-state index contributed by atoms with van der Waals surface area (Å²) in [4.78, 5) is 0. The molecule has 3 heteroatoms. The second-order valence-electron chi connectivity index (χ2n) is 5.73. The molecular formula is C21H20ClNO. The molecule has 3 rings (SSSR count). The van der Waals surface area contributed by atoms with Gasteiger partial charge in [0.2, 0.25) is 0 Å². The van der Waals surface area contributed by atoms with Crippen molar-refractivity contribution < 1.29 is 4.74 Å². The van der Waals surface area contributed by atoms with Gasteiger partial charge in [0.15, 0.2) is 0 Å². The fourth-order valence-corrected chi connectivity index (χ4v) is 2.59. The van der Waals surface area contributed by atoms with Crippen molar-refractivity contribution in [3.05, 3.63) is 94.5 Å². The molecule has 0 aromatic heterocycles. The lowest BCUT2D eigenvalue weighted by Crippen LogP contribution is -2.01. The highest BCUT2D eigenvalue weighted by Crippen LogP contribution is 2.19. The summed E-state index contributed by atoms with van der Waals surface area (Å²) in [5, 5.41) is 4.21. The molecule has 0 radical (unpaired) electrons. The standard InChI is InChI=1S/C21H20ClNO/c1-16-5-2-3-8-21(16)23-14-18-6-4-7-20(13-18)24-15-17-9-11-19(22)12-10-17/h2-13,23H,14-15H2,1H3. The van der Waals surface area contributed by atoms with E-state index < -0.39 is 0 Å². The van der Waals surface area contributed by atoms with Crippen LogP contribution in [0.4, 0.5) is 5.69 Å². The van der Waals surface area contributed by atoms with Crippen molar-refractivity contribution in [3.8, 4) is 5.75 Å². The van der Waals surface area contributed by atoms with E-state index in [0.29, 0.717) is 6.61 Å². The quantitative estimate of drug-likeness (QED) is 0.610. The molecule has 1 N–H and O–H groups in total. The van der Waals surface area contributed by atoms with Gasteiger partial charge in [-0.25, -0.2) is 0 Å². The fraction of sp³-hybridized carbons (Fsp3) is 0.143. The molecule has 24 heavy (non-hydrogen) atoms. The van der Waals surface area contributed by atoms with Crippen LogP contribution < -0.4 is 10.1 Å². The third-order valence-corrected chi connectivity index (χ3v) is 4.10. The van der Waals surface area contributed by atoms with Crippen LogP contribution in [0.25, 0.3) is 0 Å². The molecule has 0 spiro atoms. The van der Waals surface area contributed by atoms with Gasteiger partial charge < -0.3 is 10.1 Å². The maximum absolute atomic E-state index is 5.90. The predicted octanol–water partition coefficient (Wildman–Crippen LogP) is 5.84. The number of rotatable bonds is 6. The van der Waals surface area contributed by atoms with E-state index in [1.165, 1.54) is 11.1 Å². The summed E-state index contributed by atoms with van der Waals surface area (Å²) in [6.07, 6.45) is 0. The highest BCUT2D eigenvalue weighted by molar-refractivity contribution is 6.30. The Hall–Kier alpha value is -2.45. The number of halogens is 1. The maximum Gasteiger partial charge on any atom is 0.120 e. The van der Waals surface area contributed by atoms with E-state index in [1.807, 2.05) is 48.5 Å². The van der Waals surface area contributed by atoms with Crippen LogP contribution in [0.2, 0.25) is 5.02 Å². The summed E-state index contributed by atoms with van der Waals surface area (Å²) in [7, 11) is 0. The number of hydrogen-bond donors (Lipinski definition) is 1. The summed E-state index contributed by atoms with van der Waals surface area (Å²) in [5.41, 5.74) is 4.69. The highest BCUT2D eigenvalue weighted by Gasteiger charge is 2.00. The Balaban J connectivity index is 1.59. The number of para-hydroxylation sites is 1. The molecule has 0 aliphatic carbocycles. The number of hydrogen-bond acceptors (Lipinski definition) is 2. The van der Waals surface area contributed by atoms with Gasteiger partial charge in [-0.05, 0) is 53.9 Å². The van der Waals surface area contributed by atoms with Crippen molar-refractivity contribution in [1.29, 1.82) is 0 Å². The lowest BCUT2D eigenvalue weighted by molar-refractivity contribution is 0.306. The van der Waals surface area contributed by atoms with E-state index in [1.54, 1.807) is 0 Å². The van der Waals surface area contributed by atoms with Crippen LogP contribution in [-0.2, 0) is 13.2 Å². The van der Waals surface area contributed by atoms with Gasteiger partial charge in [0.25, 0.3) is 0 Å². The molecule has 0 saturated heterocycles. The summed E-state index contributed by atoms with van der Waals surface area (Å²) < 4.78 is 5.88. The van der Waals surface area contributed by atoms with Gasteiger partial charge in [0.1, 0.15) is 12.4 Å². The second kappa shape index (κ2) is 7.89. The molecule has 122 valence electrons. The van der Waals surface area contributed by atoms with E-state index in [-0.39, 0.29) is 0 Å². The molecule has 0 aliphatic rings. The van der Waals surface area contributed by atoms with Crippen molar-refractivity contribution in [1.82, 2.24) is 0 Å². The Kier molecular flexibility index (Phi) is 5.39. The van der Waals surface area contributed by atoms with Gasteiger partial charge in [-0.1, -0.05) is 54.1 Å². The summed E-state index contributed by atoms with van der Waals surface area (Å²) in [5.74, 6) is 0.869. The molecule has 0 unspecified atom stereocenters. The molecule has 0 heterocycles.